The molecule has 7 nitrogen and oxygen atoms in total. The highest BCUT2D eigenvalue weighted by Gasteiger charge is 2.15. The van der Waals surface area contributed by atoms with Crippen LogP contribution in [0.1, 0.15) is 10.4 Å². The number of nitrogens with zero attached hydrogens (tertiary/aromatic N) is 4. The molecular weight excluding hydrogens is 381 g/mol. The van der Waals surface area contributed by atoms with Crippen LogP contribution >= 0.6 is 11.8 Å². The molecule has 2 aromatic heterocycles. The number of thioether (sulfide) groups is 1. The number of benzene rings is 2. The Kier molecular flexibility index (Phi) is 4.66. The third-order valence-electron chi connectivity index (χ3n) is 4.13. The van der Waals surface area contributed by atoms with Gasteiger partial charge >= 0.3 is 0 Å². The van der Waals surface area contributed by atoms with Crippen LogP contribution < -0.4 is 11.0 Å². The summed E-state index contributed by atoms with van der Waals surface area (Å²) in [7, 11) is 0. The predicted molar refractivity (Wildman–Crippen MR) is 105 cm³/mol. The van der Waals surface area contributed by atoms with Crippen molar-refractivity contribution in [3.05, 3.63) is 82.8 Å². The van der Waals surface area contributed by atoms with Gasteiger partial charge in [0.1, 0.15) is 17.5 Å². The number of nitrogens with one attached hydrogen (secondary N) is 1. The lowest BCUT2D eigenvalue weighted by Crippen LogP contribution is -2.33. The summed E-state index contributed by atoms with van der Waals surface area (Å²) >= 11 is 1.44. The van der Waals surface area contributed by atoms with Crippen molar-refractivity contribution in [3.63, 3.8) is 0 Å². The van der Waals surface area contributed by atoms with E-state index in [4.69, 9.17) is 0 Å². The Bertz CT molecular complexity index is 1230. The molecule has 0 saturated heterocycles. The van der Waals surface area contributed by atoms with Crippen molar-refractivity contribution < 1.29 is 9.18 Å². The van der Waals surface area contributed by atoms with Crippen molar-refractivity contribution in [1.29, 1.82) is 0 Å². The van der Waals surface area contributed by atoms with E-state index < -0.39 is 11.5 Å². The van der Waals surface area contributed by atoms with Gasteiger partial charge in [-0.3, -0.25) is 15.0 Å². The second-order valence-electron chi connectivity index (χ2n) is 5.83. The first kappa shape index (κ1) is 17.9. The third kappa shape index (κ3) is 3.16. The Morgan fingerprint density at radius 3 is 2.64 bits per heavy atom. The van der Waals surface area contributed by atoms with Crippen LogP contribution in [0.5, 0.6) is 0 Å². The summed E-state index contributed by atoms with van der Waals surface area (Å²) < 4.78 is 15.6. The highest BCUT2D eigenvalue weighted by molar-refractivity contribution is 7.98. The highest BCUT2D eigenvalue weighted by Crippen LogP contribution is 2.20. The topological polar surface area (TPSA) is 81.8 Å². The summed E-state index contributed by atoms with van der Waals surface area (Å²) in [5.41, 5.74) is 3.43. The highest BCUT2D eigenvalue weighted by atomic mass is 32.2. The van der Waals surface area contributed by atoms with Crippen LogP contribution in [0, 0.1) is 5.82 Å². The fourth-order valence-corrected chi connectivity index (χ4v) is 3.36. The number of carbonyl (C=O) groups is 1. The van der Waals surface area contributed by atoms with Crippen molar-refractivity contribution in [2.24, 2.45) is 0 Å². The quantitative estimate of drug-likeness (QED) is 0.538. The molecule has 140 valence electrons. The summed E-state index contributed by atoms with van der Waals surface area (Å²) in [5, 5.41) is 4.39. The van der Waals surface area contributed by atoms with E-state index in [2.05, 4.69) is 15.5 Å². The first-order chi connectivity index (χ1) is 13.6. The van der Waals surface area contributed by atoms with Crippen molar-refractivity contribution in [1.82, 2.24) is 19.4 Å². The molecule has 4 aromatic rings. The zero-order valence-electron chi connectivity index (χ0n) is 14.7. The fourth-order valence-electron chi connectivity index (χ4n) is 2.76. The molecular formula is C19H14FN5O2S. The number of hydrogen-bond acceptors (Lipinski definition) is 5. The maximum atomic E-state index is 13.1. The molecule has 0 aliphatic carbocycles. The van der Waals surface area contributed by atoms with Gasteiger partial charge < -0.3 is 0 Å². The Morgan fingerprint density at radius 1 is 1.14 bits per heavy atom. The maximum Gasteiger partial charge on any atom is 0.283 e. The average Bonchev–Trinajstić information content (AvgIpc) is 3.15. The van der Waals surface area contributed by atoms with Gasteiger partial charge in [-0.25, -0.2) is 18.7 Å². The number of amides is 1. The molecule has 0 atom stereocenters. The summed E-state index contributed by atoms with van der Waals surface area (Å²) in [6, 6.07) is 12.8. The molecule has 0 radical (unpaired) electrons. The Balaban J connectivity index is 1.70. The van der Waals surface area contributed by atoms with Crippen LogP contribution in [0.3, 0.4) is 0 Å². The molecule has 0 aliphatic heterocycles. The van der Waals surface area contributed by atoms with Crippen LogP contribution in [0.2, 0.25) is 0 Å². The van der Waals surface area contributed by atoms with E-state index >= 15 is 0 Å². The summed E-state index contributed by atoms with van der Waals surface area (Å²) in [4.78, 5) is 30.3. The van der Waals surface area contributed by atoms with E-state index in [1.807, 2.05) is 18.4 Å². The molecule has 1 amide bonds. The monoisotopic (exact) mass is 395 g/mol. The molecule has 28 heavy (non-hydrogen) atoms. The third-order valence-corrected chi connectivity index (χ3v) is 4.93. The fraction of sp³-hybridized carbons (Fsp3) is 0.0526. The molecule has 9 heteroatoms. The molecule has 0 spiro atoms. The summed E-state index contributed by atoms with van der Waals surface area (Å²) in [5.74, 6) is -0.789. The number of halogens is 1. The number of carbonyl (C=O) groups excluding carboxylic acids is 1. The largest absolute Gasteiger partial charge is 0.283 e. The van der Waals surface area contributed by atoms with E-state index in [9.17, 15) is 14.0 Å². The van der Waals surface area contributed by atoms with Gasteiger partial charge in [0.15, 0.2) is 5.65 Å². The first-order valence-electron chi connectivity index (χ1n) is 8.24. The van der Waals surface area contributed by atoms with Gasteiger partial charge in [0, 0.05) is 4.90 Å². The van der Waals surface area contributed by atoms with Gasteiger partial charge in [-0.05, 0) is 42.7 Å². The maximum absolute atomic E-state index is 13.1. The van der Waals surface area contributed by atoms with Crippen molar-refractivity contribution in [3.8, 4) is 5.69 Å². The molecule has 0 saturated carbocycles. The van der Waals surface area contributed by atoms with Crippen LogP contribution in [-0.2, 0) is 0 Å². The van der Waals surface area contributed by atoms with E-state index in [1.54, 1.807) is 12.1 Å². The van der Waals surface area contributed by atoms with Gasteiger partial charge in [-0.15, -0.1) is 11.8 Å². The molecule has 0 bridgehead atoms. The van der Waals surface area contributed by atoms with Crippen molar-refractivity contribution in [2.45, 2.75) is 4.90 Å². The standard InChI is InChI=1S/C19H14FN5O2S/c1-28-16-5-3-2-4-14(16)18(26)23-24-11-21-17-15(19(24)27)10-22-25(17)13-8-6-12(20)7-9-13/h2-11H,1H3,(H,23,26). The van der Waals surface area contributed by atoms with Crippen LogP contribution in [-0.4, -0.2) is 31.6 Å². The van der Waals surface area contributed by atoms with Crippen LogP contribution in [0.25, 0.3) is 16.7 Å². The smallest absolute Gasteiger partial charge is 0.267 e. The minimum absolute atomic E-state index is 0.227. The van der Waals surface area contributed by atoms with Gasteiger partial charge in [0.05, 0.1) is 17.4 Å². The Labute approximate surface area is 162 Å². The van der Waals surface area contributed by atoms with Crippen molar-refractivity contribution >= 4 is 28.7 Å². The van der Waals surface area contributed by atoms with Gasteiger partial charge in [0.25, 0.3) is 11.5 Å². The van der Waals surface area contributed by atoms with Gasteiger partial charge in [0.2, 0.25) is 0 Å². The lowest BCUT2D eigenvalue weighted by molar-refractivity contribution is 0.100. The average molecular weight is 395 g/mol. The summed E-state index contributed by atoms with van der Waals surface area (Å²) in [6.07, 6.45) is 4.47. The van der Waals surface area contributed by atoms with E-state index in [-0.39, 0.29) is 11.2 Å². The number of rotatable bonds is 4. The Hall–Kier alpha value is -3.46. The SMILES string of the molecule is CSc1ccccc1C(=O)Nn1cnc2c(cnn2-c2ccc(F)cc2)c1=O. The second kappa shape index (κ2) is 7.28. The lowest BCUT2D eigenvalue weighted by Gasteiger charge is -2.10. The van der Waals surface area contributed by atoms with E-state index in [0.717, 1.165) is 9.57 Å². The van der Waals surface area contributed by atoms with Crippen LogP contribution in [0.15, 0.2) is 70.7 Å². The molecule has 2 aromatic carbocycles. The minimum Gasteiger partial charge on any atom is -0.267 e. The second-order valence-corrected chi connectivity index (χ2v) is 6.68. The van der Waals surface area contributed by atoms with E-state index in [1.165, 1.54) is 53.2 Å². The molecule has 2 heterocycles. The normalized spacial score (nSPS) is 10.9. The number of hydrogen-bond donors (Lipinski definition) is 1. The number of fused-ring (bicyclic) bond motifs is 1. The van der Waals surface area contributed by atoms with Gasteiger partial charge in [-0.2, -0.15) is 5.10 Å². The van der Waals surface area contributed by atoms with Crippen LogP contribution in [0.4, 0.5) is 4.39 Å². The molecule has 0 fully saturated rings. The molecule has 1 N–H and O–H groups in total. The predicted octanol–water partition coefficient (Wildman–Crippen LogP) is 2.83. The Morgan fingerprint density at radius 2 is 1.89 bits per heavy atom. The summed E-state index contributed by atoms with van der Waals surface area (Å²) in [6.45, 7) is 0. The molecule has 4 rings (SSSR count). The number of aromatic nitrogens is 4. The van der Waals surface area contributed by atoms with E-state index in [0.29, 0.717) is 16.9 Å². The molecule has 0 unspecified atom stereocenters. The zero-order chi connectivity index (χ0) is 19.7. The first-order valence-corrected chi connectivity index (χ1v) is 9.46. The lowest BCUT2D eigenvalue weighted by atomic mass is 10.2. The van der Waals surface area contributed by atoms with Crippen molar-refractivity contribution in [2.75, 3.05) is 11.7 Å². The molecule has 0 aliphatic rings. The minimum atomic E-state index is -0.464. The van der Waals surface area contributed by atoms with Gasteiger partial charge in [-0.1, -0.05) is 12.1 Å². The zero-order valence-corrected chi connectivity index (χ0v) is 15.5.